The van der Waals surface area contributed by atoms with Crippen LogP contribution in [-0.2, 0) is 16.0 Å². The number of hydrogen-bond donors (Lipinski definition) is 2. The van der Waals surface area contributed by atoms with Gasteiger partial charge in [0.2, 0.25) is 11.8 Å². The molecule has 0 radical (unpaired) electrons. The van der Waals surface area contributed by atoms with E-state index in [0.29, 0.717) is 12.1 Å². The van der Waals surface area contributed by atoms with Crippen LogP contribution in [0.15, 0.2) is 18.2 Å². The zero-order valence-electron chi connectivity index (χ0n) is 8.41. The minimum absolute atomic E-state index is 0.0458. The van der Waals surface area contributed by atoms with Crippen molar-refractivity contribution in [3.8, 4) is 6.07 Å². The highest BCUT2D eigenvalue weighted by atomic mass is 16.2. The van der Waals surface area contributed by atoms with Gasteiger partial charge in [-0.05, 0) is 23.8 Å². The van der Waals surface area contributed by atoms with E-state index in [1.807, 2.05) is 0 Å². The number of nitrogens with zero attached hydrogens (tertiary/aromatic N) is 1. The number of carbonyl (C=O) groups is 2. The van der Waals surface area contributed by atoms with Gasteiger partial charge in [-0.25, -0.2) is 0 Å². The van der Waals surface area contributed by atoms with Crippen molar-refractivity contribution >= 4 is 23.2 Å². The lowest BCUT2D eigenvalue weighted by molar-refractivity contribution is -0.116. The summed E-state index contributed by atoms with van der Waals surface area (Å²) in [5.74, 6) is -0.393. The largest absolute Gasteiger partial charge is 0.326 e. The standard InChI is InChI=1S/C11H9N3O2/c12-4-3-10(15)13-8-1-2-9-7(5-8)6-11(16)14-9/h1-2,5H,3,6H2,(H,13,15)(H,14,16). The molecule has 0 unspecified atom stereocenters. The van der Waals surface area contributed by atoms with Crippen LogP contribution in [-0.4, -0.2) is 11.8 Å². The highest BCUT2D eigenvalue weighted by Gasteiger charge is 2.17. The molecule has 1 aliphatic heterocycles. The number of fused-ring (bicyclic) bond motifs is 1. The minimum Gasteiger partial charge on any atom is -0.326 e. The molecule has 0 saturated carbocycles. The number of nitrogens with one attached hydrogen (secondary N) is 2. The summed E-state index contributed by atoms with van der Waals surface area (Å²) in [5, 5.41) is 13.6. The van der Waals surface area contributed by atoms with E-state index in [4.69, 9.17) is 5.26 Å². The molecule has 1 aromatic carbocycles. The smallest absolute Gasteiger partial charge is 0.238 e. The Morgan fingerprint density at radius 1 is 1.56 bits per heavy atom. The summed E-state index contributed by atoms with van der Waals surface area (Å²) in [6.07, 6.45) is 0.158. The van der Waals surface area contributed by atoms with Gasteiger partial charge in [-0.3, -0.25) is 9.59 Å². The maximum absolute atomic E-state index is 11.2. The molecule has 1 aliphatic rings. The van der Waals surface area contributed by atoms with Crippen LogP contribution in [0, 0.1) is 11.3 Å². The lowest BCUT2D eigenvalue weighted by Gasteiger charge is -2.04. The molecule has 1 heterocycles. The minimum atomic E-state index is -0.347. The lowest BCUT2D eigenvalue weighted by atomic mass is 10.1. The lowest BCUT2D eigenvalue weighted by Crippen LogP contribution is -2.10. The summed E-state index contributed by atoms with van der Waals surface area (Å²) in [5.41, 5.74) is 2.25. The summed E-state index contributed by atoms with van der Waals surface area (Å²) in [6.45, 7) is 0. The molecule has 16 heavy (non-hydrogen) atoms. The van der Waals surface area contributed by atoms with Gasteiger partial charge in [0.1, 0.15) is 6.42 Å². The van der Waals surface area contributed by atoms with Gasteiger partial charge in [-0.15, -0.1) is 0 Å². The Bertz CT molecular complexity index is 502. The highest BCUT2D eigenvalue weighted by molar-refractivity contribution is 6.00. The molecule has 1 aromatic rings. The van der Waals surface area contributed by atoms with Crippen LogP contribution in [0.25, 0.3) is 0 Å². The molecule has 0 saturated heterocycles. The van der Waals surface area contributed by atoms with E-state index in [9.17, 15) is 9.59 Å². The van der Waals surface area contributed by atoms with Crippen LogP contribution >= 0.6 is 0 Å². The van der Waals surface area contributed by atoms with Gasteiger partial charge in [0.25, 0.3) is 0 Å². The molecular weight excluding hydrogens is 206 g/mol. The summed E-state index contributed by atoms with van der Waals surface area (Å²) in [4.78, 5) is 22.3. The van der Waals surface area contributed by atoms with E-state index in [1.165, 1.54) is 0 Å². The predicted molar refractivity (Wildman–Crippen MR) is 57.6 cm³/mol. The summed E-state index contributed by atoms with van der Waals surface area (Å²) in [7, 11) is 0. The van der Waals surface area contributed by atoms with Gasteiger partial charge < -0.3 is 10.6 Å². The monoisotopic (exact) mass is 215 g/mol. The van der Waals surface area contributed by atoms with Gasteiger partial charge in [0, 0.05) is 11.4 Å². The third-order valence-electron chi connectivity index (χ3n) is 2.25. The number of benzene rings is 1. The van der Waals surface area contributed by atoms with Crippen LogP contribution in [0.3, 0.4) is 0 Å². The van der Waals surface area contributed by atoms with E-state index in [0.717, 1.165) is 11.3 Å². The molecule has 2 amide bonds. The van der Waals surface area contributed by atoms with E-state index >= 15 is 0 Å². The summed E-state index contributed by atoms with van der Waals surface area (Å²) in [6, 6.07) is 6.94. The van der Waals surface area contributed by atoms with Crippen molar-refractivity contribution in [2.45, 2.75) is 12.8 Å². The third kappa shape index (κ3) is 2.01. The molecule has 0 aromatic heterocycles. The molecule has 5 nitrogen and oxygen atoms in total. The Morgan fingerprint density at radius 2 is 2.38 bits per heavy atom. The zero-order valence-corrected chi connectivity index (χ0v) is 8.41. The number of amides is 2. The maximum Gasteiger partial charge on any atom is 0.238 e. The fourth-order valence-electron chi connectivity index (χ4n) is 1.58. The van der Waals surface area contributed by atoms with Crippen molar-refractivity contribution < 1.29 is 9.59 Å². The Balaban J connectivity index is 2.14. The van der Waals surface area contributed by atoms with Crippen molar-refractivity contribution in [1.29, 1.82) is 5.26 Å². The second-order valence-corrected chi connectivity index (χ2v) is 3.48. The molecule has 0 spiro atoms. The van der Waals surface area contributed by atoms with E-state index in [2.05, 4.69) is 10.6 Å². The highest BCUT2D eigenvalue weighted by Crippen LogP contribution is 2.25. The SMILES string of the molecule is N#CCC(=O)Nc1ccc2c(c1)CC(=O)N2. The van der Waals surface area contributed by atoms with E-state index in [-0.39, 0.29) is 18.2 Å². The number of carbonyl (C=O) groups excluding carboxylic acids is 2. The van der Waals surface area contributed by atoms with Crippen molar-refractivity contribution in [3.63, 3.8) is 0 Å². The van der Waals surface area contributed by atoms with Crippen LogP contribution in [0.1, 0.15) is 12.0 Å². The Morgan fingerprint density at radius 3 is 3.12 bits per heavy atom. The maximum atomic E-state index is 11.2. The molecule has 80 valence electrons. The third-order valence-corrected chi connectivity index (χ3v) is 2.25. The van der Waals surface area contributed by atoms with Gasteiger partial charge >= 0.3 is 0 Å². The fourth-order valence-corrected chi connectivity index (χ4v) is 1.58. The Kier molecular flexibility index (Phi) is 2.56. The Hall–Kier alpha value is -2.35. The van der Waals surface area contributed by atoms with Crippen LogP contribution in [0.2, 0.25) is 0 Å². The summed E-state index contributed by atoms with van der Waals surface area (Å²) < 4.78 is 0. The number of anilines is 2. The predicted octanol–water partition coefficient (Wildman–Crippen LogP) is 1.03. The molecule has 0 aliphatic carbocycles. The quantitative estimate of drug-likeness (QED) is 0.773. The molecular formula is C11H9N3O2. The van der Waals surface area contributed by atoms with E-state index < -0.39 is 0 Å². The molecule has 5 heteroatoms. The van der Waals surface area contributed by atoms with Crippen molar-refractivity contribution in [2.24, 2.45) is 0 Å². The molecule has 0 fully saturated rings. The number of nitriles is 1. The average Bonchev–Trinajstić information content (AvgIpc) is 2.57. The first-order valence-corrected chi connectivity index (χ1v) is 4.78. The first-order valence-electron chi connectivity index (χ1n) is 4.78. The van der Waals surface area contributed by atoms with Crippen LogP contribution < -0.4 is 10.6 Å². The number of hydrogen-bond acceptors (Lipinski definition) is 3. The molecule has 0 atom stereocenters. The Labute approximate surface area is 92.1 Å². The van der Waals surface area contributed by atoms with Crippen molar-refractivity contribution in [2.75, 3.05) is 10.6 Å². The summed E-state index contributed by atoms with van der Waals surface area (Å²) >= 11 is 0. The van der Waals surface area contributed by atoms with Gasteiger partial charge in [0.05, 0.1) is 12.5 Å². The average molecular weight is 215 g/mol. The van der Waals surface area contributed by atoms with Crippen LogP contribution in [0.5, 0.6) is 0 Å². The number of rotatable bonds is 2. The second-order valence-electron chi connectivity index (χ2n) is 3.48. The first kappa shape index (κ1) is 10.2. The molecule has 2 N–H and O–H groups in total. The van der Waals surface area contributed by atoms with Gasteiger partial charge in [-0.1, -0.05) is 0 Å². The topological polar surface area (TPSA) is 82.0 Å². The molecule has 0 bridgehead atoms. The van der Waals surface area contributed by atoms with Crippen molar-refractivity contribution in [3.05, 3.63) is 23.8 Å². The van der Waals surface area contributed by atoms with E-state index in [1.54, 1.807) is 24.3 Å². The molecule has 2 rings (SSSR count). The van der Waals surface area contributed by atoms with Crippen molar-refractivity contribution in [1.82, 2.24) is 0 Å². The fraction of sp³-hybridized carbons (Fsp3) is 0.182. The normalized spacial score (nSPS) is 12.6. The second kappa shape index (κ2) is 4.03. The zero-order chi connectivity index (χ0) is 11.5. The van der Waals surface area contributed by atoms with Gasteiger partial charge in [0.15, 0.2) is 0 Å². The van der Waals surface area contributed by atoms with Crippen LogP contribution in [0.4, 0.5) is 11.4 Å². The van der Waals surface area contributed by atoms with Gasteiger partial charge in [-0.2, -0.15) is 5.26 Å². The first-order chi connectivity index (χ1) is 7.69.